The molecular weight excluding hydrogens is 327 g/mol. The number of benzene rings is 1. The van der Waals surface area contributed by atoms with E-state index >= 15 is 0 Å². The Balaban J connectivity index is 1.83. The maximum absolute atomic E-state index is 12.0. The number of hydrogen-bond donors (Lipinski definition) is 1. The van der Waals surface area contributed by atoms with Crippen molar-refractivity contribution in [1.82, 2.24) is 5.43 Å². The molecule has 0 saturated carbocycles. The van der Waals surface area contributed by atoms with E-state index in [1.807, 2.05) is 6.07 Å². The number of hydrazone groups is 1. The summed E-state index contributed by atoms with van der Waals surface area (Å²) in [6.45, 7) is 1.16. The first-order valence-electron chi connectivity index (χ1n) is 7.26. The Bertz CT molecular complexity index is 613. The number of halogens is 2. The lowest BCUT2D eigenvalue weighted by atomic mass is 10.1. The monoisotopic (exact) mass is 342 g/mol. The summed E-state index contributed by atoms with van der Waals surface area (Å²) in [7, 11) is 0. The van der Waals surface area contributed by atoms with Crippen molar-refractivity contribution in [2.45, 2.75) is 31.8 Å². The van der Waals surface area contributed by atoms with E-state index in [2.05, 4.69) is 10.5 Å². The highest BCUT2D eigenvalue weighted by Crippen LogP contribution is 2.37. The maximum atomic E-state index is 12.0. The van der Waals surface area contributed by atoms with Crippen molar-refractivity contribution < 1.29 is 14.3 Å². The lowest BCUT2D eigenvalue weighted by molar-refractivity contribution is -0.130. The lowest BCUT2D eigenvalue weighted by Gasteiger charge is -2.12. The maximum Gasteiger partial charge on any atom is 0.269 e. The highest BCUT2D eigenvalue weighted by atomic mass is 35.5. The van der Waals surface area contributed by atoms with Crippen LogP contribution in [0, 0.1) is 0 Å². The fourth-order valence-electron chi connectivity index (χ4n) is 2.54. The SMILES string of the molecule is O=C(N/N=C1/CCCOc2c1ccc(Cl)c2Cl)C1CCCO1. The highest BCUT2D eigenvalue weighted by molar-refractivity contribution is 6.43. The van der Waals surface area contributed by atoms with E-state index in [-0.39, 0.29) is 5.91 Å². The molecule has 1 amide bonds. The van der Waals surface area contributed by atoms with E-state index in [4.69, 9.17) is 32.7 Å². The molecule has 2 aliphatic rings. The van der Waals surface area contributed by atoms with Gasteiger partial charge in [-0.15, -0.1) is 0 Å². The molecule has 22 heavy (non-hydrogen) atoms. The zero-order valence-corrected chi connectivity index (χ0v) is 13.4. The minimum atomic E-state index is -0.403. The molecule has 0 spiro atoms. The van der Waals surface area contributed by atoms with Gasteiger partial charge >= 0.3 is 0 Å². The van der Waals surface area contributed by atoms with Crippen LogP contribution in [0.1, 0.15) is 31.2 Å². The van der Waals surface area contributed by atoms with Crippen LogP contribution in [0.25, 0.3) is 0 Å². The average molecular weight is 343 g/mol. The number of carbonyl (C=O) groups excluding carboxylic acids is 1. The van der Waals surface area contributed by atoms with E-state index in [9.17, 15) is 4.79 Å². The van der Waals surface area contributed by atoms with Crippen LogP contribution in [-0.2, 0) is 9.53 Å². The van der Waals surface area contributed by atoms with Gasteiger partial charge in [-0.2, -0.15) is 5.10 Å². The van der Waals surface area contributed by atoms with Crippen molar-refractivity contribution in [3.8, 4) is 5.75 Å². The van der Waals surface area contributed by atoms with Crippen LogP contribution in [0.2, 0.25) is 10.0 Å². The molecule has 1 fully saturated rings. The molecule has 0 aliphatic carbocycles. The van der Waals surface area contributed by atoms with Crippen molar-refractivity contribution in [3.05, 3.63) is 27.7 Å². The molecule has 1 unspecified atom stereocenters. The second kappa shape index (κ2) is 6.86. The Morgan fingerprint density at radius 1 is 1.27 bits per heavy atom. The molecular formula is C15H16Cl2N2O3. The molecule has 1 aromatic carbocycles. The third-order valence-electron chi connectivity index (χ3n) is 3.69. The highest BCUT2D eigenvalue weighted by Gasteiger charge is 2.24. The molecule has 5 nitrogen and oxygen atoms in total. The first-order valence-corrected chi connectivity index (χ1v) is 8.01. The molecule has 1 atom stereocenters. The molecule has 7 heteroatoms. The topological polar surface area (TPSA) is 59.9 Å². The molecule has 1 saturated heterocycles. The third kappa shape index (κ3) is 3.21. The number of nitrogens with zero attached hydrogens (tertiary/aromatic N) is 1. The van der Waals surface area contributed by atoms with Gasteiger partial charge in [0.1, 0.15) is 16.9 Å². The number of carbonyl (C=O) groups is 1. The van der Waals surface area contributed by atoms with Gasteiger partial charge in [0.25, 0.3) is 5.91 Å². The third-order valence-corrected chi connectivity index (χ3v) is 4.48. The second-order valence-electron chi connectivity index (χ2n) is 5.23. The van der Waals surface area contributed by atoms with Crippen LogP contribution in [0.5, 0.6) is 5.75 Å². The van der Waals surface area contributed by atoms with Gasteiger partial charge in [-0.25, -0.2) is 5.43 Å². The smallest absolute Gasteiger partial charge is 0.269 e. The Kier molecular flexibility index (Phi) is 4.86. The molecule has 1 aromatic rings. The van der Waals surface area contributed by atoms with E-state index in [0.29, 0.717) is 35.4 Å². The fraction of sp³-hybridized carbons (Fsp3) is 0.467. The summed E-state index contributed by atoms with van der Waals surface area (Å²) in [4.78, 5) is 12.0. The quantitative estimate of drug-likeness (QED) is 0.839. The number of amides is 1. The molecule has 2 aliphatic heterocycles. The Labute approximate surface area is 138 Å². The number of fused-ring (bicyclic) bond motifs is 1. The van der Waals surface area contributed by atoms with Gasteiger partial charge in [-0.1, -0.05) is 23.2 Å². The standard InChI is InChI=1S/C15H16Cl2N2O3/c16-10-6-5-9-11(3-1-8-22-14(9)13(10)17)18-19-15(20)12-4-2-7-21-12/h5-6,12H,1-4,7-8H2,(H,19,20)/b18-11-. The minimum Gasteiger partial charge on any atom is -0.491 e. The van der Waals surface area contributed by atoms with E-state index in [1.54, 1.807) is 6.07 Å². The number of hydrogen-bond acceptors (Lipinski definition) is 4. The molecule has 0 aromatic heterocycles. The van der Waals surface area contributed by atoms with Gasteiger partial charge in [-0.05, 0) is 37.8 Å². The number of rotatable bonds is 2. The van der Waals surface area contributed by atoms with Crippen LogP contribution in [-0.4, -0.2) is 30.9 Å². The van der Waals surface area contributed by atoms with Crippen LogP contribution in [0.4, 0.5) is 0 Å². The van der Waals surface area contributed by atoms with Crippen molar-refractivity contribution in [2.24, 2.45) is 5.10 Å². The van der Waals surface area contributed by atoms with Crippen LogP contribution >= 0.6 is 23.2 Å². The zero-order chi connectivity index (χ0) is 15.5. The van der Waals surface area contributed by atoms with Gasteiger partial charge in [0, 0.05) is 12.2 Å². The normalized spacial score (nSPS) is 22.8. The molecule has 0 radical (unpaired) electrons. The van der Waals surface area contributed by atoms with Gasteiger partial charge in [0.15, 0.2) is 0 Å². The predicted molar refractivity (Wildman–Crippen MR) is 84.8 cm³/mol. The number of nitrogens with one attached hydrogen (secondary N) is 1. The molecule has 2 heterocycles. The number of ether oxygens (including phenoxy) is 2. The van der Waals surface area contributed by atoms with Gasteiger partial charge in [-0.3, -0.25) is 4.79 Å². The second-order valence-corrected chi connectivity index (χ2v) is 6.01. The Hall–Kier alpha value is -1.30. The summed E-state index contributed by atoms with van der Waals surface area (Å²) >= 11 is 12.2. The van der Waals surface area contributed by atoms with E-state index in [0.717, 1.165) is 30.5 Å². The summed E-state index contributed by atoms with van der Waals surface area (Å²) in [5.74, 6) is 0.313. The zero-order valence-electron chi connectivity index (χ0n) is 11.9. The molecule has 118 valence electrons. The minimum absolute atomic E-state index is 0.211. The molecule has 0 bridgehead atoms. The molecule has 3 rings (SSSR count). The van der Waals surface area contributed by atoms with Gasteiger partial charge in [0.05, 0.1) is 17.3 Å². The van der Waals surface area contributed by atoms with Crippen LogP contribution in [0.15, 0.2) is 17.2 Å². The fourth-order valence-corrected chi connectivity index (χ4v) is 2.91. The first-order chi connectivity index (χ1) is 10.7. The van der Waals surface area contributed by atoms with Crippen LogP contribution < -0.4 is 10.2 Å². The summed E-state index contributed by atoms with van der Waals surface area (Å²) in [5.41, 5.74) is 4.09. The summed E-state index contributed by atoms with van der Waals surface area (Å²) in [5, 5.41) is 5.06. The summed E-state index contributed by atoms with van der Waals surface area (Å²) in [6.07, 6.45) is 2.71. The molecule has 1 N–H and O–H groups in total. The Morgan fingerprint density at radius 2 is 2.14 bits per heavy atom. The largest absolute Gasteiger partial charge is 0.491 e. The lowest BCUT2D eigenvalue weighted by Crippen LogP contribution is -2.31. The van der Waals surface area contributed by atoms with Gasteiger partial charge < -0.3 is 9.47 Å². The average Bonchev–Trinajstić information content (AvgIpc) is 2.97. The Morgan fingerprint density at radius 3 is 2.91 bits per heavy atom. The summed E-state index contributed by atoms with van der Waals surface area (Å²) < 4.78 is 11.0. The van der Waals surface area contributed by atoms with E-state index < -0.39 is 6.10 Å². The van der Waals surface area contributed by atoms with Crippen molar-refractivity contribution >= 4 is 34.8 Å². The summed E-state index contributed by atoms with van der Waals surface area (Å²) in [6, 6.07) is 3.51. The van der Waals surface area contributed by atoms with Crippen LogP contribution in [0.3, 0.4) is 0 Å². The first kappa shape index (κ1) is 15.6. The van der Waals surface area contributed by atoms with Crippen molar-refractivity contribution in [1.29, 1.82) is 0 Å². The van der Waals surface area contributed by atoms with Crippen molar-refractivity contribution in [2.75, 3.05) is 13.2 Å². The predicted octanol–water partition coefficient (Wildman–Crippen LogP) is 3.17. The van der Waals surface area contributed by atoms with Gasteiger partial charge in [0.2, 0.25) is 0 Å². The van der Waals surface area contributed by atoms with Crippen molar-refractivity contribution in [3.63, 3.8) is 0 Å². The van der Waals surface area contributed by atoms with E-state index in [1.165, 1.54) is 0 Å².